The fraction of sp³-hybridized carbons (Fsp3) is 0.611. The van der Waals surface area contributed by atoms with Gasteiger partial charge in [-0.25, -0.2) is 0 Å². The largest absolute Gasteiger partial charge is 0.452 e. The van der Waals surface area contributed by atoms with Crippen molar-refractivity contribution in [3.8, 4) is 49.9 Å². The number of rotatable bonds is 15. The van der Waals surface area contributed by atoms with Gasteiger partial charge < -0.3 is 24.0 Å². The zero-order valence-electron chi connectivity index (χ0n) is 30.6. The van der Waals surface area contributed by atoms with Gasteiger partial charge in [-0.1, -0.05) is 60.8 Å². The SMILES string of the molecule is C#C.C#CC[C@H](C=O)OC(=O)CN(C)C(=O)[C@@H](CC#C)OC(=O)CN(C)C(=O)[C@@H](CC#C)OC(=O)CN(C)C.CCC.CCC.CCC. The molecule has 2 amide bonds. The highest BCUT2D eigenvalue weighted by Crippen LogP contribution is 2.08. The molecule has 3 atom stereocenters. The van der Waals surface area contributed by atoms with Gasteiger partial charge in [0.25, 0.3) is 11.8 Å². The summed E-state index contributed by atoms with van der Waals surface area (Å²) in [4.78, 5) is 75.9. The number of carbonyl (C=O) groups excluding carboxylic acids is 6. The molecule has 0 saturated heterocycles. The van der Waals surface area contributed by atoms with Crippen molar-refractivity contribution in [2.75, 3.05) is 47.8 Å². The normalized spacial score (nSPS) is 10.7. The smallest absolute Gasteiger partial charge is 0.326 e. The third-order valence-electron chi connectivity index (χ3n) is 4.39. The Morgan fingerprint density at radius 3 is 1.15 bits per heavy atom. The van der Waals surface area contributed by atoms with Crippen LogP contribution in [-0.4, -0.2) is 117 Å². The highest BCUT2D eigenvalue weighted by Gasteiger charge is 2.30. The summed E-state index contributed by atoms with van der Waals surface area (Å²) in [6.07, 6.45) is 23.1. The highest BCUT2D eigenvalue weighted by atomic mass is 16.6. The molecule has 12 heteroatoms. The van der Waals surface area contributed by atoms with Crippen LogP contribution in [0.15, 0.2) is 0 Å². The summed E-state index contributed by atoms with van der Waals surface area (Å²) in [7, 11) is 5.76. The van der Waals surface area contributed by atoms with Gasteiger partial charge in [0.2, 0.25) is 0 Å². The molecule has 0 radical (unpaired) electrons. The Labute approximate surface area is 289 Å². The maximum absolute atomic E-state index is 12.7. The quantitative estimate of drug-likeness (QED) is 0.110. The van der Waals surface area contributed by atoms with E-state index in [4.69, 9.17) is 33.5 Å². The third-order valence-corrected chi connectivity index (χ3v) is 4.39. The molecule has 48 heavy (non-hydrogen) atoms. The summed E-state index contributed by atoms with van der Waals surface area (Å²) in [5, 5.41) is 0. The van der Waals surface area contributed by atoms with Gasteiger partial charge in [0.05, 0.1) is 25.8 Å². The minimum absolute atomic E-state index is 0.0865. The van der Waals surface area contributed by atoms with Gasteiger partial charge in [-0.15, -0.1) is 49.9 Å². The highest BCUT2D eigenvalue weighted by molar-refractivity contribution is 5.89. The Bertz CT molecular complexity index is 1060. The van der Waals surface area contributed by atoms with Crippen LogP contribution in [-0.2, 0) is 43.0 Å². The van der Waals surface area contributed by atoms with E-state index in [0.717, 1.165) is 9.80 Å². The first-order chi connectivity index (χ1) is 22.6. The van der Waals surface area contributed by atoms with Gasteiger partial charge in [0, 0.05) is 14.1 Å². The van der Waals surface area contributed by atoms with E-state index in [9.17, 15) is 28.8 Å². The number of carbonyl (C=O) groups is 6. The number of hydrogen-bond donors (Lipinski definition) is 0. The van der Waals surface area contributed by atoms with E-state index in [1.54, 1.807) is 14.1 Å². The average Bonchev–Trinajstić information content (AvgIpc) is 3.01. The lowest BCUT2D eigenvalue weighted by Gasteiger charge is -2.25. The van der Waals surface area contributed by atoms with Gasteiger partial charge in [-0.05, 0) is 14.1 Å². The lowest BCUT2D eigenvalue weighted by Crippen LogP contribution is -2.45. The molecular formula is C36H57N3O9. The van der Waals surface area contributed by atoms with E-state index in [-0.39, 0.29) is 25.8 Å². The summed E-state index contributed by atoms with van der Waals surface area (Å²) in [6, 6.07) is 0. The van der Waals surface area contributed by atoms with E-state index in [1.807, 2.05) is 0 Å². The molecule has 270 valence electrons. The van der Waals surface area contributed by atoms with Crippen LogP contribution in [0.2, 0.25) is 0 Å². The van der Waals surface area contributed by atoms with Crippen molar-refractivity contribution in [1.29, 1.82) is 0 Å². The fourth-order valence-electron chi connectivity index (χ4n) is 2.70. The lowest BCUT2D eigenvalue weighted by molar-refractivity contribution is -0.166. The molecule has 12 nitrogen and oxygen atoms in total. The van der Waals surface area contributed by atoms with Gasteiger partial charge in [-0.2, -0.15) is 0 Å². The number of nitrogens with zero attached hydrogens (tertiary/aromatic N) is 3. The zero-order chi connectivity index (χ0) is 38.7. The van der Waals surface area contributed by atoms with Gasteiger partial charge >= 0.3 is 17.9 Å². The Kier molecular flexibility index (Phi) is 40.3. The number of esters is 3. The van der Waals surface area contributed by atoms with Crippen LogP contribution in [0.4, 0.5) is 0 Å². The van der Waals surface area contributed by atoms with Crippen LogP contribution in [0.1, 0.15) is 80.1 Å². The second-order valence-corrected chi connectivity index (χ2v) is 10.1. The van der Waals surface area contributed by atoms with Crippen LogP contribution >= 0.6 is 0 Å². The molecule has 0 unspecified atom stereocenters. The first-order valence-corrected chi connectivity index (χ1v) is 15.5. The number of amides is 2. The number of aldehydes is 1. The Morgan fingerprint density at radius 1 is 0.583 bits per heavy atom. The van der Waals surface area contributed by atoms with Crippen molar-refractivity contribution in [1.82, 2.24) is 14.7 Å². The molecular weight excluding hydrogens is 618 g/mol. The number of hydrogen-bond acceptors (Lipinski definition) is 10. The Balaban J connectivity index is -0.000000491. The molecule has 0 heterocycles. The van der Waals surface area contributed by atoms with E-state index in [1.165, 1.54) is 38.3 Å². The molecule has 0 aliphatic rings. The van der Waals surface area contributed by atoms with Crippen LogP contribution in [0, 0.1) is 49.9 Å². The zero-order valence-corrected chi connectivity index (χ0v) is 30.6. The van der Waals surface area contributed by atoms with Crippen LogP contribution in [0.25, 0.3) is 0 Å². The molecule has 0 aliphatic heterocycles. The van der Waals surface area contributed by atoms with Gasteiger partial charge in [0.15, 0.2) is 24.6 Å². The monoisotopic (exact) mass is 675 g/mol. The first-order valence-electron chi connectivity index (χ1n) is 15.5. The van der Waals surface area contributed by atoms with Crippen LogP contribution in [0.3, 0.4) is 0 Å². The molecule has 0 saturated carbocycles. The van der Waals surface area contributed by atoms with E-state index in [0.29, 0.717) is 6.29 Å². The molecule has 0 bridgehead atoms. The molecule has 0 spiro atoms. The molecule has 0 aromatic rings. The standard InChI is InChI=1S/C25H31N3O9.3C3H8.C2H2/c1-8-11-18(17-29)35-22(31)15-27(6)25(34)20(13-10-3)37-23(32)16-28(7)24(33)19(12-9-2)36-21(30)14-26(4)5;3*1-3-2;1-2/h1-3,17-20H,11-16H2,4-7H3;3*3H2,1-2H3;1-2H/t18-,19-,20-;;;;/m1..../s1. The van der Waals surface area contributed by atoms with E-state index in [2.05, 4.69) is 72.2 Å². The van der Waals surface area contributed by atoms with Crippen molar-refractivity contribution in [2.24, 2.45) is 0 Å². The predicted molar refractivity (Wildman–Crippen MR) is 188 cm³/mol. The lowest BCUT2D eigenvalue weighted by atomic mass is 10.2. The van der Waals surface area contributed by atoms with Crippen molar-refractivity contribution < 1.29 is 43.0 Å². The molecule has 0 aromatic heterocycles. The number of terminal acetylenes is 4. The predicted octanol–water partition coefficient (Wildman–Crippen LogP) is 2.97. The third kappa shape index (κ3) is 31.2. The van der Waals surface area contributed by atoms with E-state index >= 15 is 0 Å². The summed E-state index contributed by atoms with van der Waals surface area (Å²) < 4.78 is 15.1. The molecule has 0 rings (SSSR count). The summed E-state index contributed by atoms with van der Waals surface area (Å²) in [6.45, 7) is 11.5. The summed E-state index contributed by atoms with van der Waals surface area (Å²) in [5.74, 6) is 2.45. The van der Waals surface area contributed by atoms with Gasteiger partial charge in [-0.3, -0.25) is 33.7 Å². The van der Waals surface area contributed by atoms with Crippen molar-refractivity contribution in [3.05, 3.63) is 0 Å². The first kappa shape index (κ1) is 52.7. The fourth-order valence-corrected chi connectivity index (χ4v) is 2.70. The Morgan fingerprint density at radius 2 is 0.875 bits per heavy atom. The number of likely N-dealkylation sites (N-methyl/N-ethyl adjacent to an activating group) is 3. The topological polar surface area (TPSA) is 140 Å². The molecule has 0 N–H and O–H groups in total. The van der Waals surface area contributed by atoms with Crippen LogP contribution in [0.5, 0.6) is 0 Å². The second kappa shape index (κ2) is 36.7. The molecule has 0 aromatic carbocycles. The minimum atomic E-state index is -1.47. The van der Waals surface area contributed by atoms with Crippen LogP contribution < -0.4 is 0 Å². The molecule has 0 aliphatic carbocycles. The van der Waals surface area contributed by atoms with Crippen molar-refractivity contribution in [2.45, 2.75) is 98.4 Å². The Hall–Kier alpha value is -4.78. The maximum Gasteiger partial charge on any atom is 0.326 e. The summed E-state index contributed by atoms with van der Waals surface area (Å²) in [5.41, 5.74) is 0. The second-order valence-electron chi connectivity index (χ2n) is 10.1. The maximum atomic E-state index is 12.7. The van der Waals surface area contributed by atoms with Gasteiger partial charge in [0.1, 0.15) is 13.1 Å². The molecule has 0 fully saturated rings. The number of ether oxygens (including phenoxy) is 3. The van der Waals surface area contributed by atoms with E-state index < -0.39 is 61.1 Å². The minimum Gasteiger partial charge on any atom is -0.452 e. The summed E-state index contributed by atoms with van der Waals surface area (Å²) >= 11 is 0. The average molecular weight is 676 g/mol. The van der Waals surface area contributed by atoms with Crippen molar-refractivity contribution in [3.63, 3.8) is 0 Å². The van der Waals surface area contributed by atoms with Crippen molar-refractivity contribution >= 4 is 36.0 Å².